The molecular weight excluding hydrogens is 546 g/mol. The van der Waals surface area contributed by atoms with Gasteiger partial charge in [0.1, 0.15) is 12.6 Å². The van der Waals surface area contributed by atoms with Crippen LogP contribution in [0.15, 0.2) is 39.9 Å². The quantitative estimate of drug-likeness (QED) is 0.300. The highest BCUT2D eigenvalue weighted by atomic mass is 127. The second-order valence-electron chi connectivity index (χ2n) is 5.40. The normalized spacial score (nSPS) is 11.8. The first-order valence-electron chi connectivity index (χ1n) is 7.51. The van der Waals surface area contributed by atoms with Crippen molar-refractivity contribution in [1.29, 1.82) is 5.26 Å². The van der Waals surface area contributed by atoms with Gasteiger partial charge in [-0.3, -0.25) is 14.9 Å². The number of benzene rings is 1. The standard InChI is InChI=1S/C16H11BrIN6O2P/c17-9-1-2-10-11(3-9)13(14(18)27)23-24(15(10)26)7-12(25)22-16-20-5-8(4-19)6-21-16/h1-3,5-6,14H,7,27H2,(H,20,21,22,25). The molecule has 2 aromatic heterocycles. The van der Waals surface area contributed by atoms with Gasteiger partial charge in [0.05, 0.1) is 32.7 Å². The van der Waals surface area contributed by atoms with E-state index < -0.39 is 5.91 Å². The first kappa shape index (κ1) is 19.8. The largest absolute Gasteiger partial charge is 0.293 e. The zero-order valence-corrected chi connectivity index (χ0v) is 18.5. The third-order valence-electron chi connectivity index (χ3n) is 3.54. The summed E-state index contributed by atoms with van der Waals surface area (Å²) in [6.07, 6.45) is 2.60. The van der Waals surface area contributed by atoms with Crippen molar-refractivity contribution in [3.8, 4) is 6.07 Å². The summed E-state index contributed by atoms with van der Waals surface area (Å²) in [6, 6.07) is 7.20. The third kappa shape index (κ3) is 4.48. The lowest BCUT2D eigenvalue weighted by molar-refractivity contribution is -0.117. The van der Waals surface area contributed by atoms with E-state index >= 15 is 0 Å². The van der Waals surface area contributed by atoms with Crippen molar-refractivity contribution in [2.45, 2.75) is 10.2 Å². The van der Waals surface area contributed by atoms with E-state index in [0.717, 1.165) is 14.5 Å². The average Bonchev–Trinajstić information content (AvgIpc) is 2.64. The summed E-state index contributed by atoms with van der Waals surface area (Å²) in [6.45, 7) is -0.283. The van der Waals surface area contributed by atoms with E-state index in [1.165, 1.54) is 12.4 Å². The molecule has 0 aliphatic rings. The summed E-state index contributed by atoms with van der Waals surface area (Å²) in [5.74, 6) is -0.444. The second-order valence-corrected chi connectivity index (χ2v) is 9.68. The maximum Gasteiger partial charge on any atom is 0.275 e. The number of alkyl halides is 1. The molecule has 0 radical (unpaired) electrons. The van der Waals surface area contributed by atoms with Crippen LogP contribution in [0.25, 0.3) is 10.8 Å². The fraction of sp³-hybridized carbons (Fsp3) is 0.125. The van der Waals surface area contributed by atoms with Crippen LogP contribution in [0, 0.1) is 11.3 Å². The number of hydrogen-bond donors (Lipinski definition) is 1. The molecule has 0 aliphatic carbocycles. The SMILES string of the molecule is N#Cc1cnc(NC(=O)Cn2nc(C(P)I)c3cc(Br)ccc3c2=O)nc1. The maximum absolute atomic E-state index is 12.7. The molecule has 0 bridgehead atoms. The Hall–Kier alpha value is -1.96. The number of halogens is 2. The number of nitrogens with one attached hydrogen (secondary N) is 1. The van der Waals surface area contributed by atoms with E-state index in [1.807, 2.05) is 12.1 Å². The van der Waals surface area contributed by atoms with Crippen molar-refractivity contribution in [2.75, 3.05) is 5.32 Å². The van der Waals surface area contributed by atoms with Gasteiger partial charge in [-0.15, -0.1) is 9.24 Å². The molecule has 0 fully saturated rings. The van der Waals surface area contributed by atoms with Crippen LogP contribution in [0.3, 0.4) is 0 Å². The summed E-state index contributed by atoms with van der Waals surface area (Å²) in [4.78, 5) is 32.8. The Morgan fingerprint density at radius 3 is 2.70 bits per heavy atom. The van der Waals surface area contributed by atoms with E-state index in [2.05, 4.69) is 68.1 Å². The van der Waals surface area contributed by atoms with Crippen molar-refractivity contribution >= 4 is 70.4 Å². The van der Waals surface area contributed by atoms with Gasteiger partial charge in [0, 0.05) is 9.86 Å². The minimum absolute atomic E-state index is 0.0452. The molecule has 0 spiro atoms. The Bertz CT molecular complexity index is 1130. The van der Waals surface area contributed by atoms with Gasteiger partial charge in [-0.05, 0) is 18.2 Å². The minimum atomic E-state index is -0.495. The number of hydrogen-bond acceptors (Lipinski definition) is 6. The van der Waals surface area contributed by atoms with Gasteiger partial charge in [0.25, 0.3) is 5.56 Å². The molecule has 2 heterocycles. The molecule has 0 saturated heterocycles. The van der Waals surface area contributed by atoms with Crippen molar-refractivity contribution in [3.63, 3.8) is 0 Å². The zero-order chi connectivity index (χ0) is 19.6. The van der Waals surface area contributed by atoms with Crippen molar-refractivity contribution in [1.82, 2.24) is 19.7 Å². The Morgan fingerprint density at radius 1 is 1.37 bits per heavy atom. The Morgan fingerprint density at radius 2 is 2.07 bits per heavy atom. The van der Waals surface area contributed by atoms with Gasteiger partial charge >= 0.3 is 0 Å². The number of nitrogens with zero attached hydrogens (tertiary/aromatic N) is 5. The van der Waals surface area contributed by atoms with Gasteiger partial charge in [-0.25, -0.2) is 14.6 Å². The molecule has 11 heteroatoms. The Labute approximate surface area is 177 Å². The summed E-state index contributed by atoms with van der Waals surface area (Å²) < 4.78 is 1.92. The molecule has 8 nitrogen and oxygen atoms in total. The molecule has 3 aromatic rings. The van der Waals surface area contributed by atoms with Crippen LogP contribution in [0.2, 0.25) is 0 Å². The molecule has 1 N–H and O–H groups in total. The first-order chi connectivity index (χ1) is 12.9. The number of anilines is 1. The number of rotatable bonds is 4. The summed E-state index contributed by atoms with van der Waals surface area (Å²) in [7, 11) is 2.63. The van der Waals surface area contributed by atoms with Crippen LogP contribution in [-0.2, 0) is 11.3 Å². The molecule has 136 valence electrons. The van der Waals surface area contributed by atoms with Crippen LogP contribution < -0.4 is 10.9 Å². The molecular formula is C16H11BrIN6O2P. The fourth-order valence-corrected chi connectivity index (χ4v) is 3.41. The van der Waals surface area contributed by atoms with E-state index in [9.17, 15) is 9.59 Å². The van der Waals surface area contributed by atoms with Gasteiger partial charge in [-0.1, -0.05) is 38.5 Å². The van der Waals surface area contributed by atoms with Crippen LogP contribution in [0.5, 0.6) is 0 Å². The van der Waals surface area contributed by atoms with Crippen molar-refractivity contribution in [2.24, 2.45) is 0 Å². The number of nitriles is 1. The second kappa shape index (κ2) is 8.37. The smallest absolute Gasteiger partial charge is 0.275 e. The fourth-order valence-electron chi connectivity index (χ4n) is 2.34. The van der Waals surface area contributed by atoms with Gasteiger partial charge in [0.15, 0.2) is 0 Å². The molecule has 2 unspecified atom stereocenters. The van der Waals surface area contributed by atoms with Crippen LogP contribution >= 0.6 is 47.8 Å². The highest BCUT2D eigenvalue weighted by molar-refractivity contribution is 14.1. The number of fused-ring (bicyclic) bond motifs is 1. The van der Waals surface area contributed by atoms with E-state index in [0.29, 0.717) is 11.1 Å². The third-order valence-corrected chi connectivity index (χ3v) is 4.94. The highest BCUT2D eigenvalue weighted by Crippen LogP contribution is 2.33. The molecule has 0 aliphatic heterocycles. The van der Waals surface area contributed by atoms with Crippen LogP contribution in [-0.4, -0.2) is 25.7 Å². The Balaban J connectivity index is 1.93. The predicted octanol–water partition coefficient (Wildman–Crippen LogP) is 2.77. The average molecular weight is 557 g/mol. The van der Waals surface area contributed by atoms with E-state index in [1.54, 1.807) is 12.1 Å². The summed E-state index contributed by atoms with van der Waals surface area (Å²) in [5, 5.41) is 16.8. The lowest BCUT2D eigenvalue weighted by atomic mass is 10.1. The summed E-state index contributed by atoms with van der Waals surface area (Å²) >= 11 is 5.58. The lowest BCUT2D eigenvalue weighted by Gasteiger charge is -2.12. The maximum atomic E-state index is 12.7. The molecule has 3 rings (SSSR count). The number of aromatic nitrogens is 4. The van der Waals surface area contributed by atoms with E-state index in [4.69, 9.17) is 5.26 Å². The minimum Gasteiger partial charge on any atom is -0.293 e. The molecule has 1 aromatic carbocycles. The predicted molar refractivity (Wildman–Crippen MR) is 116 cm³/mol. The van der Waals surface area contributed by atoms with Crippen LogP contribution in [0.4, 0.5) is 5.95 Å². The highest BCUT2D eigenvalue weighted by Gasteiger charge is 2.16. The van der Waals surface area contributed by atoms with Crippen LogP contribution in [0.1, 0.15) is 14.9 Å². The van der Waals surface area contributed by atoms with E-state index in [-0.39, 0.29) is 27.3 Å². The Kier molecular flexibility index (Phi) is 6.14. The summed E-state index contributed by atoms with van der Waals surface area (Å²) in [5.41, 5.74) is 0.600. The molecule has 27 heavy (non-hydrogen) atoms. The van der Waals surface area contributed by atoms with Gasteiger partial charge in [0.2, 0.25) is 11.9 Å². The molecule has 0 saturated carbocycles. The van der Waals surface area contributed by atoms with Gasteiger partial charge < -0.3 is 0 Å². The zero-order valence-electron chi connectivity index (χ0n) is 13.6. The lowest BCUT2D eigenvalue weighted by Crippen LogP contribution is -2.31. The number of amides is 1. The first-order valence-corrected chi connectivity index (χ1v) is 10.2. The topological polar surface area (TPSA) is 114 Å². The number of carbonyl (C=O) groups is 1. The van der Waals surface area contributed by atoms with Crippen molar-refractivity contribution in [3.05, 3.63) is 56.7 Å². The van der Waals surface area contributed by atoms with Crippen molar-refractivity contribution < 1.29 is 4.79 Å². The molecule has 1 amide bonds. The monoisotopic (exact) mass is 556 g/mol. The molecule has 2 atom stereocenters. The number of carbonyl (C=O) groups excluding carboxylic acids is 1. The van der Waals surface area contributed by atoms with Gasteiger partial charge in [-0.2, -0.15) is 10.4 Å².